The summed E-state index contributed by atoms with van der Waals surface area (Å²) in [6, 6.07) is 6.93. The number of hydrogen-bond donors (Lipinski definition) is 2. The number of nitrogens with zero attached hydrogens (tertiary/aromatic N) is 3. The summed E-state index contributed by atoms with van der Waals surface area (Å²) in [5, 5.41) is 13.3. The van der Waals surface area contributed by atoms with Crippen molar-refractivity contribution in [2.75, 3.05) is 23.3 Å². The third kappa shape index (κ3) is 4.49. The first-order valence-electron chi connectivity index (χ1n) is 8.92. The second kappa shape index (κ2) is 7.72. The van der Waals surface area contributed by atoms with Crippen LogP contribution >= 0.6 is 0 Å². The van der Waals surface area contributed by atoms with Crippen molar-refractivity contribution >= 4 is 23.1 Å². The molecule has 0 aliphatic carbocycles. The van der Waals surface area contributed by atoms with Gasteiger partial charge in [0.2, 0.25) is 0 Å². The maximum atomic E-state index is 13.2. The number of aromatic nitrogens is 1. The maximum Gasteiger partial charge on any atom is 0.407 e. The number of aryl methyl sites for hydroxylation is 1. The van der Waals surface area contributed by atoms with E-state index in [9.17, 15) is 23.1 Å². The van der Waals surface area contributed by atoms with E-state index in [1.165, 1.54) is 6.07 Å². The Morgan fingerprint density at radius 1 is 1.28 bits per heavy atom. The normalized spacial score (nSPS) is 16.2. The van der Waals surface area contributed by atoms with Crippen molar-refractivity contribution in [1.29, 1.82) is 0 Å². The number of halogens is 3. The molecule has 1 aliphatic heterocycles. The van der Waals surface area contributed by atoms with Gasteiger partial charge in [-0.2, -0.15) is 13.2 Å². The van der Waals surface area contributed by atoms with Gasteiger partial charge in [-0.05, 0) is 30.7 Å². The molecule has 1 aromatic carbocycles. The second-order valence-corrected chi connectivity index (χ2v) is 7.00. The predicted molar refractivity (Wildman–Crippen MR) is 102 cm³/mol. The molecule has 0 spiro atoms. The molecule has 152 valence electrons. The Balaban J connectivity index is 1.70. The largest absolute Gasteiger partial charge is 0.407 e. The van der Waals surface area contributed by atoms with Gasteiger partial charge in [-0.15, -0.1) is 0 Å². The minimum atomic E-state index is -4.63. The number of piperidine rings is 1. The summed E-state index contributed by atoms with van der Waals surface area (Å²) in [5.74, 6) is -0.270. The fourth-order valence-electron chi connectivity index (χ4n) is 3.18. The molecule has 9 heteroatoms. The van der Waals surface area contributed by atoms with E-state index in [1.807, 2.05) is 6.92 Å². The van der Waals surface area contributed by atoms with Crippen molar-refractivity contribution in [3.63, 3.8) is 0 Å². The Hall–Kier alpha value is -3.12. The van der Waals surface area contributed by atoms with Crippen LogP contribution in [0, 0.1) is 13.5 Å². The predicted octanol–water partition coefficient (Wildman–Crippen LogP) is 3.93. The van der Waals surface area contributed by atoms with Gasteiger partial charge in [-0.3, -0.25) is 4.79 Å². The molecule has 0 radical (unpaired) electrons. The first-order valence-corrected chi connectivity index (χ1v) is 8.92. The molecular formula is C20H19F3N4O2. The van der Waals surface area contributed by atoms with E-state index in [0.717, 1.165) is 17.7 Å². The number of carbonyl (C=O) groups excluding carboxylic acids is 1. The number of anilines is 2. The van der Waals surface area contributed by atoms with E-state index in [4.69, 9.17) is 6.57 Å². The number of amides is 1. The molecule has 1 saturated heterocycles. The number of benzene rings is 1. The summed E-state index contributed by atoms with van der Waals surface area (Å²) < 4.78 is 39.5. The molecule has 0 unspecified atom stereocenters. The van der Waals surface area contributed by atoms with Crippen molar-refractivity contribution < 1.29 is 23.1 Å². The topological polar surface area (TPSA) is 69.8 Å². The van der Waals surface area contributed by atoms with Gasteiger partial charge in [0.05, 0.1) is 12.1 Å². The molecule has 1 aromatic heterocycles. The Morgan fingerprint density at radius 2 is 1.97 bits per heavy atom. The van der Waals surface area contributed by atoms with Crippen LogP contribution in [-0.2, 0) is 11.0 Å². The highest BCUT2D eigenvalue weighted by Crippen LogP contribution is 2.39. The summed E-state index contributed by atoms with van der Waals surface area (Å²) in [7, 11) is 0. The Labute approximate surface area is 165 Å². The Kier molecular flexibility index (Phi) is 5.48. The minimum Gasteiger partial charge on any atom is -0.380 e. The summed E-state index contributed by atoms with van der Waals surface area (Å²) >= 11 is 0. The first-order chi connectivity index (χ1) is 13.6. The fraction of sp³-hybridized carbons (Fsp3) is 0.350. The van der Waals surface area contributed by atoms with Crippen LogP contribution in [0.3, 0.4) is 0 Å². The van der Waals surface area contributed by atoms with Crippen LogP contribution in [0.25, 0.3) is 4.85 Å². The molecule has 2 aromatic rings. The van der Waals surface area contributed by atoms with E-state index >= 15 is 0 Å². The van der Waals surface area contributed by atoms with Crippen LogP contribution in [0.4, 0.5) is 30.4 Å². The Morgan fingerprint density at radius 3 is 2.52 bits per heavy atom. The maximum absolute atomic E-state index is 13.2. The van der Waals surface area contributed by atoms with Crippen LogP contribution in [0.1, 0.15) is 24.0 Å². The zero-order chi connectivity index (χ0) is 21.2. The highest BCUT2D eigenvalue weighted by molar-refractivity contribution is 5.96. The number of hydrogen-bond acceptors (Lipinski definition) is 4. The zero-order valence-electron chi connectivity index (χ0n) is 15.6. The molecule has 0 saturated carbocycles. The molecule has 1 aliphatic rings. The van der Waals surface area contributed by atoms with Crippen LogP contribution in [-0.4, -0.2) is 34.7 Å². The zero-order valence-corrected chi connectivity index (χ0v) is 15.6. The number of aliphatic hydroxyl groups is 1. The number of alkyl halides is 3. The van der Waals surface area contributed by atoms with Gasteiger partial charge in [0.1, 0.15) is 11.4 Å². The van der Waals surface area contributed by atoms with Crippen molar-refractivity contribution in [3.05, 3.63) is 59.1 Å². The standard InChI is InChI=1S/C20H19F3N4O2/c1-13-3-6-17(25-12-13)26-18(28)19(29)7-9-27(10-8-19)14-4-5-16(24-2)15(11-14)20(21,22)23/h3-6,11-12,29H,7-10H2,1H3,(H,25,26,28). The quantitative estimate of drug-likeness (QED) is 0.761. The van der Waals surface area contributed by atoms with Crippen molar-refractivity contribution in [1.82, 2.24) is 4.98 Å². The van der Waals surface area contributed by atoms with Crippen LogP contribution in [0.5, 0.6) is 0 Å². The molecule has 29 heavy (non-hydrogen) atoms. The fourth-order valence-corrected chi connectivity index (χ4v) is 3.18. The average molecular weight is 404 g/mol. The third-order valence-electron chi connectivity index (χ3n) is 4.94. The molecule has 1 amide bonds. The number of pyridine rings is 1. The van der Waals surface area contributed by atoms with E-state index in [1.54, 1.807) is 23.2 Å². The molecule has 0 bridgehead atoms. The summed E-state index contributed by atoms with van der Waals surface area (Å²) in [6.45, 7) is 9.16. The second-order valence-electron chi connectivity index (χ2n) is 7.00. The lowest BCUT2D eigenvalue weighted by Crippen LogP contribution is -2.51. The molecule has 0 atom stereocenters. The lowest BCUT2D eigenvalue weighted by molar-refractivity contribution is -0.136. The van der Waals surface area contributed by atoms with Gasteiger partial charge >= 0.3 is 6.18 Å². The lowest BCUT2D eigenvalue weighted by Gasteiger charge is -2.38. The van der Waals surface area contributed by atoms with Gasteiger partial charge in [0, 0.05) is 37.8 Å². The number of nitrogens with one attached hydrogen (secondary N) is 1. The monoisotopic (exact) mass is 404 g/mol. The lowest BCUT2D eigenvalue weighted by atomic mass is 9.90. The van der Waals surface area contributed by atoms with Crippen molar-refractivity contribution in [3.8, 4) is 0 Å². The number of carbonyl (C=O) groups is 1. The molecule has 3 rings (SSSR count). The summed E-state index contributed by atoms with van der Waals surface area (Å²) in [6.07, 6.45) is -2.94. The third-order valence-corrected chi connectivity index (χ3v) is 4.94. The van der Waals surface area contributed by atoms with Crippen LogP contribution in [0.15, 0.2) is 36.5 Å². The van der Waals surface area contributed by atoms with E-state index in [-0.39, 0.29) is 25.9 Å². The van der Waals surface area contributed by atoms with Gasteiger partial charge in [0.25, 0.3) is 5.91 Å². The highest BCUT2D eigenvalue weighted by Gasteiger charge is 2.40. The summed E-state index contributed by atoms with van der Waals surface area (Å²) in [4.78, 5) is 21.1. The Bertz CT molecular complexity index is 944. The van der Waals surface area contributed by atoms with E-state index < -0.39 is 28.9 Å². The highest BCUT2D eigenvalue weighted by atomic mass is 19.4. The molecule has 2 heterocycles. The van der Waals surface area contributed by atoms with Crippen molar-refractivity contribution in [2.45, 2.75) is 31.5 Å². The SMILES string of the molecule is [C-]#[N+]c1ccc(N2CCC(O)(C(=O)Nc3ccc(C)cn3)CC2)cc1C(F)(F)F. The molecular weight excluding hydrogens is 385 g/mol. The molecule has 2 N–H and O–H groups in total. The number of rotatable bonds is 3. The van der Waals surface area contributed by atoms with Gasteiger partial charge in [-0.1, -0.05) is 12.1 Å². The van der Waals surface area contributed by atoms with Crippen molar-refractivity contribution in [2.24, 2.45) is 0 Å². The molecule has 1 fully saturated rings. The van der Waals surface area contributed by atoms with E-state index in [0.29, 0.717) is 11.5 Å². The van der Waals surface area contributed by atoms with Gasteiger partial charge < -0.3 is 15.3 Å². The van der Waals surface area contributed by atoms with Gasteiger partial charge in [-0.25, -0.2) is 9.83 Å². The van der Waals surface area contributed by atoms with E-state index in [2.05, 4.69) is 15.1 Å². The van der Waals surface area contributed by atoms with Crippen LogP contribution in [0.2, 0.25) is 0 Å². The minimum absolute atomic E-state index is 0.0522. The molecule has 6 nitrogen and oxygen atoms in total. The van der Waals surface area contributed by atoms with Crippen LogP contribution < -0.4 is 10.2 Å². The average Bonchev–Trinajstić information content (AvgIpc) is 2.69. The first kappa shape index (κ1) is 20.6. The smallest absolute Gasteiger partial charge is 0.380 e. The summed E-state index contributed by atoms with van der Waals surface area (Å²) in [5.41, 5.74) is -1.86. The van der Waals surface area contributed by atoms with Gasteiger partial charge in [0.15, 0.2) is 5.69 Å².